The molecule has 0 saturated carbocycles. The molecule has 0 spiro atoms. The fourth-order valence-corrected chi connectivity index (χ4v) is 5.10. The van der Waals surface area contributed by atoms with Gasteiger partial charge in [0.2, 0.25) is 0 Å². The van der Waals surface area contributed by atoms with Crippen molar-refractivity contribution < 1.29 is 18.4 Å². The number of rotatable bonds is 7. The minimum absolute atomic E-state index is 0.0567. The minimum Gasteiger partial charge on any atom is -0.491 e. The zero-order chi connectivity index (χ0) is 23.5. The summed E-state index contributed by atoms with van der Waals surface area (Å²) in [4.78, 5) is 11.7. The third-order valence-electron chi connectivity index (χ3n) is 6.73. The molecule has 3 atom stereocenters. The molecule has 4 rings (SSSR count). The van der Waals surface area contributed by atoms with E-state index in [1.54, 1.807) is 6.08 Å². The van der Waals surface area contributed by atoms with Gasteiger partial charge in [-0.15, -0.1) is 0 Å². The van der Waals surface area contributed by atoms with Gasteiger partial charge in [-0.25, -0.2) is 8.96 Å². The van der Waals surface area contributed by atoms with Crippen LogP contribution < -0.4 is 14.2 Å². The topological polar surface area (TPSA) is 50.8 Å². The SMILES string of the molecule is C=C(F)C=CC(=CC)OC1CC2CCC(C1)N2c1nc[n+](C)c(OC2CC=CN=C2C)c1C. The maximum Gasteiger partial charge on any atom is 0.293 e. The second-order valence-electron chi connectivity index (χ2n) is 9.08. The van der Waals surface area contributed by atoms with Gasteiger partial charge >= 0.3 is 0 Å². The van der Waals surface area contributed by atoms with Crippen molar-refractivity contribution in [2.75, 3.05) is 4.90 Å². The van der Waals surface area contributed by atoms with Gasteiger partial charge in [0.15, 0.2) is 0 Å². The summed E-state index contributed by atoms with van der Waals surface area (Å²) in [5, 5.41) is 0. The van der Waals surface area contributed by atoms with Crippen LogP contribution in [-0.2, 0) is 11.8 Å². The second kappa shape index (κ2) is 9.89. The molecule has 176 valence electrons. The molecule has 4 heterocycles. The fourth-order valence-electron chi connectivity index (χ4n) is 5.10. The highest BCUT2D eigenvalue weighted by Gasteiger charge is 2.45. The Morgan fingerprint density at radius 3 is 2.61 bits per heavy atom. The molecule has 0 radical (unpaired) electrons. The number of halogens is 1. The highest BCUT2D eigenvalue weighted by atomic mass is 19.1. The molecule has 0 aliphatic carbocycles. The van der Waals surface area contributed by atoms with Crippen LogP contribution in [0, 0.1) is 6.92 Å². The Labute approximate surface area is 195 Å². The first-order valence-corrected chi connectivity index (χ1v) is 11.7. The molecule has 3 unspecified atom stereocenters. The van der Waals surface area contributed by atoms with Gasteiger partial charge in [0.1, 0.15) is 29.4 Å². The molecule has 3 aliphatic heterocycles. The molecule has 0 amide bonds. The van der Waals surface area contributed by atoms with E-state index in [0.29, 0.717) is 17.8 Å². The lowest BCUT2D eigenvalue weighted by Gasteiger charge is -2.38. The lowest BCUT2D eigenvalue weighted by atomic mass is 9.99. The van der Waals surface area contributed by atoms with Crippen molar-refractivity contribution in [1.29, 1.82) is 0 Å². The van der Waals surface area contributed by atoms with E-state index in [-0.39, 0.29) is 12.2 Å². The van der Waals surface area contributed by atoms with Gasteiger partial charge < -0.3 is 14.4 Å². The van der Waals surface area contributed by atoms with E-state index in [0.717, 1.165) is 55.1 Å². The Bertz CT molecular complexity index is 1020. The number of ether oxygens (including phenoxy) is 2. The predicted octanol–water partition coefficient (Wildman–Crippen LogP) is 4.80. The van der Waals surface area contributed by atoms with Crippen LogP contribution in [0.25, 0.3) is 0 Å². The number of aryl methyl sites for hydroxylation is 1. The van der Waals surface area contributed by atoms with E-state index in [4.69, 9.17) is 14.5 Å². The highest BCUT2D eigenvalue weighted by Crippen LogP contribution is 2.42. The summed E-state index contributed by atoms with van der Waals surface area (Å²) in [7, 11) is 1.97. The van der Waals surface area contributed by atoms with Gasteiger partial charge in [-0.1, -0.05) is 12.7 Å². The third kappa shape index (κ3) is 5.02. The Balaban J connectivity index is 1.51. The Kier molecular flexibility index (Phi) is 6.96. The van der Waals surface area contributed by atoms with Crippen LogP contribution in [0.4, 0.5) is 10.2 Å². The molecule has 7 heteroatoms. The zero-order valence-electron chi connectivity index (χ0n) is 20.0. The van der Waals surface area contributed by atoms with Crippen LogP contribution in [0.1, 0.15) is 51.5 Å². The summed E-state index contributed by atoms with van der Waals surface area (Å²) in [6.07, 6.45) is 15.5. The van der Waals surface area contributed by atoms with Crippen molar-refractivity contribution >= 4 is 11.5 Å². The number of hydrogen-bond acceptors (Lipinski definition) is 5. The molecular formula is C26H34FN4O2+. The predicted molar refractivity (Wildman–Crippen MR) is 128 cm³/mol. The number of allylic oxidation sites excluding steroid dienone is 4. The summed E-state index contributed by atoms with van der Waals surface area (Å²) in [6, 6.07) is 0.722. The standard InChI is InChI=1S/C26H34FN4O2/c1-6-22(12-9-17(2)27)32-23-14-20-10-11-21(15-23)31(20)25-18(3)26(30(5)16-29-25)33-24-8-7-13-28-19(24)4/h6-7,9,12-13,16,20-21,23-24H,2,8,10-11,14-15H2,1,3-5H3/q+1. The van der Waals surface area contributed by atoms with Crippen LogP contribution in [-0.4, -0.2) is 35.0 Å². The molecule has 6 nitrogen and oxygen atoms in total. The summed E-state index contributed by atoms with van der Waals surface area (Å²) in [5.74, 6) is 2.03. The molecule has 0 N–H and O–H groups in total. The molecule has 1 aromatic rings. The van der Waals surface area contributed by atoms with Crippen LogP contribution in [0.2, 0.25) is 0 Å². The molecular weight excluding hydrogens is 419 g/mol. The second-order valence-corrected chi connectivity index (χ2v) is 9.08. The van der Waals surface area contributed by atoms with Gasteiger partial charge in [0.25, 0.3) is 18.0 Å². The Morgan fingerprint density at radius 2 is 1.97 bits per heavy atom. The molecule has 1 aromatic heterocycles. The van der Waals surface area contributed by atoms with Crippen molar-refractivity contribution in [3.05, 3.63) is 60.6 Å². The molecule has 0 aromatic carbocycles. The molecule has 2 fully saturated rings. The average molecular weight is 454 g/mol. The van der Waals surface area contributed by atoms with Crippen LogP contribution in [0.5, 0.6) is 5.88 Å². The number of hydrogen-bond donors (Lipinski definition) is 0. The monoisotopic (exact) mass is 453 g/mol. The lowest BCUT2D eigenvalue weighted by Crippen LogP contribution is -2.47. The van der Waals surface area contributed by atoms with Gasteiger partial charge in [-0.3, -0.25) is 4.99 Å². The normalized spacial score (nSPS) is 27.1. The average Bonchev–Trinajstić information content (AvgIpc) is 3.04. The molecule has 2 bridgehead atoms. The Hall–Kier alpha value is -2.96. The van der Waals surface area contributed by atoms with Crippen LogP contribution in [0.3, 0.4) is 0 Å². The third-order valence-corrected chi connectivity index (χ3v) is 6.73. The first-order chi connectivity index (χ1) is 15.9. The molecule has 3 aliphatic rings. The van der Waals surface area contributed by atoms with E-state index in [1.165, 1.54) is 6.08 Å². The number of aliphatic imine (C=N–C) groups is 1. The lowest BCUT2D eigenvalue weighted by molar-refractivity contribution is -0.680. The van der Waals surface area contributed by atoms with Crippen LogP contribution >= 0.6 is 0 Å². The van der Waals surface area contributed by atoms with Gasteiger partial charge in [0, 0.05) is 37.5 Å². The minimum atomic E-state index is -0.477. The number of anilines is 1. The first-order valence-electron chi connectivity index (χ1n) is 11.7. The summed E-state index contributed by atoms with van der Waals surface area (Å²) in [5.41, 5.74) is 2.04. The summed E-state index contributed by atoms with van der Waals surface area (Å²) >= 11 is 0. The zero-order valence-corrected chi connectivity index (χ0v) is 20.0. The van der Waals surface area contributed by atoms with Crippen molar-refractivity contribution in [3.63, 3.8) is 0 Å². The number of nitrogens with zero attached hydrogens (tertiary/aromatic N) is 4. The van der Waals surface area contributed by atoms with E-state index in [2.05, 4.69) is 23.4 Å². The van der Waals surface area contributed by atoms with Gasteiger partial charge in [-0.2, -0.15) is 0 Å². The highest BCUT2D eigenvalue weighted by molar-refractivity contribution is 5.88. The van der Waals surface area contributed by atoms with Crippen molar-refractivity contribution in [2.24, 2.45) is 12.0 Å². The quantitative estimate of drug-likeness (QED) is 0.338. The van der Waals surface area contributed by atoms with Crippen LogP contribution in [0.15, 0.2) is 60.0 Å². The van der Waals surface area contributed by atoms with Crippen molar-refractivity contribution in [3.8, 4) is 5.88 Å². The van der Waals surface area contributed by atoms with Crippen molar-refractivity contribution in [1.82, 2.24) is 4.98 Å². The fraction of sp³-hybridized carbons (Fsp3) is 0.500. The Morgan fingerprint density at radius 1 is 1.24 bits per heavy atom. The van der Waals surface area contributed by atoms with Gasteiger partial charge in [0.05, 0.1) is 12.8 Å². The molecule has 2 saturated heterocycles. The van der Waals surface area contributed by atoms with E-state index in [1.807, 2.05) is 50.1 Å². The molecule has 33 heavy (non-hydrogen) atoms. The largest absolute Gasteiger partial charge is 0.491 e. The maximum atomic E-state index is 13.0. The first kappa shape index (κ1) is 23.2. The summed E-state index contributed by atoms with van der Waals surface area (Å²) in [6.45, 7) is 9.28. The van der Waals surface area contributed by atoms with Crippen molar-refractivity contribution in [2.45, 2.75) is 77.2 Å². The summed E-state index contributed by atoms with van der Waals surface area (Å²) < 4.78 is 27.6. The smallest absolute Gasteiger partial charge is 0.293 e. The number of piperidine rings is 1. The number of aromatic nitrogens is 2. The van der Waals surface area contributed by atoms with E-state index < -0.39 is 5.83 Å². The number of fused-ring (bicyclic) bond motifs is 2. The van der Waals surface area contributed by atoms with Gasteiger partial charge in [-0.05, 0) is 56.8 Å². The maximum absolute atomic E-state index is 13.0. The van der Waals surface area contributed by atoms with E-state index >= 15 is 0 Å². The van der Waals surface area contributed by atoms with E-state index in [9.17, 15) is 4.39 Å².